The Morgan fingerprint density at radius 1 is 1.41 bits per heavy atom. The van der Waals surface area contributed by atoms with E-state index in [1.807, 2.05) is 13.8 Å². The Balaban J connectivity index is 2.45. The number of carbonyl (C=O) groups is 2. The van der Waals surface area contributed by atoms with Crippen LogP contribution in [0.5, 0.6) is 0 Å². The van der Waals surface area contributed by atoms with E-state index in [4.69, 9.17) is 4.74 Å². The predicted molar refractivity (Wildman–Crippen MR) is 81.0 cm³/mol. The van der Waals surface area contributed by atoms with Crippen molar-refractivity contribution in [2.24, 2.45) is 23.2 Å². The van der Waals surface area contributed by atoms with Crippen molar-refractivity contribution in [3.63, 3.8) is 0 Å². The second-order valence-electron chi connectivity index (χ2n) is 7.61. The minimum atomic E-state index is -1.05. The van der Waals surface area contributed by atoms with Gasteiger partial charge in [0.1, 0.15) is 11.9 Å². The van der Waals surface area contributed by atoms with Crippen molar-refractivity contribution >= 4 is 11.8 Å². The number of rotatable bonds is 3. The zero-order valence-electron chi connectivity index (χ0n) is 14.0. The van der Waals surface area contributed by atoms with Crippen molar-refractivity contribution in [1.82, 2.24) is 0 Å². The van der Waals surface area contributed by atoms with Crippen molar-refractivity contribution in [3.05, 3.63) is 0 Å². The summed E-state index contributed by atoms with van der Waals surface area (Å²) in [6.45, 7) is 6.91. The number of hydrogen-bond donors (Lipinski definition) is 2. The Kier molecular flexibility index (Phi) is 4.69. The molecule has 0 amide bonds. The van der Waals surface area contributed by atoms with Crippen LogP contribution in [0.15, 0.2) is 0 Å². The first-order valence-electron chi connectivity index (χ1n) is 8.17. The summed E-state index contributed by atoms with van der Waals surface area (Å²) >= 11 is 0. The van der Waals surface area contributed by atoms with Gasteiger partial charge in [-0.05, 0) is 32.1 Å². The molecule has 2 saturated carbocycles. The topological polar surface area (TPSA) is 83.8 Å². The summed E-state index contributed by atoms with van der Waals surface area (Å²) in [4.78, 5) is 24.1. The van der Waals surface area contributed by atoms with Crippen LogP contribution in [-0.2, 0) is 14.3 Å². The molecule has 22 heavy (non-hydrogen) atoms. The van der Waals surface area contributed by atoms with Crippen LogP contribution < -0.4 is 0 Å². The molecule has 5 heteroatoms. The maximum Gasteiger partial charge on any atom is 0.302 e. The van der Waals surface area contributed by atoms with Gasteiger partial charge in [0.15, 0.2) is 0 Å². The molecular formula is C17H28O5. The molecule has 0 aliphatic heterocycles. The standard InChI is InChI=1S/C17H28O5/c1-10(9-18)12-5-7-16(3)13(20)6-8-17(4,21)15(16)14(12)22-11(2)19/h10,12,14-15,18,21H,5-9H2,1-4H3/t10-,12+,14+,15?,16+,17-/m1/s1. The summed E-state index contributed by atoms with van der Waals surface area (Å²) in [6.07, 6.45) is 1.61. The van der Waals surface area contributed by atoms with E-state index in [2.05, 4.69) is 0 Å². The van der Waals surface area contributed by atoms with Gasteiger partial charge in [0.2, 0.25) is 0 Å². The lowest BCUT2D eigenvalue weighted by Gasteiger charge is -2.56. The van der Waals surface area contributed by atoms with Crippen LogP contribution in [0.2, 0.25) is 0 Å². The zero-order chi connectivity index (χ0) is 16.7. The van der Waals surface area contributed by atoms with Crippen LogP contribution in [-0.4, -0.2) is 40.3 Å². The molecule has 0 radical (unpaired) electrons. The number of ketones is 1. The van der Waals surface area contributed by atoms with Gasteiger partial charge in [0.25, 0.3) is 0 Å². The highest BCUT2D eigenvalue weighted by Gasteiger charge is 2.61. The van der Waals surface area contributed by atoms with Crippen molar-refractivity contribution in [2.75, 3.05) is 6.61 Å². The van der Waals surface area contributed by atoms with E-state index in [9.17, 15) is 19.8 Å². The Bertz CT molecular complexity index is 458. The summed E-state index contributed by atoms with van der Waals surface area (Å²) in [5.41, 5.74) is -1.70. The fraction of sp³-hybridized carbons (Fsp3) is 0.882. The fourth-order valence-corrected chi connectivity index (χ4v) is 4.65. The van der Waals surface area contributed by atoms with Crippen LogP contribution >= 0.6 is 0 Å². The van der Waals surface area contributed by atoms with Gasteiger partial charge in [0.05, 0.1) is 5.60 Å². The lowest BCUT2D eigenvalue weighted by molar-refractivity contribution is -0.205. The fourth-order valence-electron chi connectivity index (χ4n) is 4.65. The molecule has 0 aromatic carbocycles. The van der Waals surface area contributed by atoms with Gasteiger partial charge in [-0.2, -0.15) is 0 Å². The number of hydrogen-bond acceptors (Lipinski definition) is 5. The Hall–Kier alpha value is -0.940. The van der Waals surface area contributed by atoms with Crippen LogP contribution in [0.25, 0.3) is 0 Å². The first-order chi connectivity index (χ1) is 10.1. The number of Topliss-reactive ketones (excluding diaryl/α,β-unsaturated/α-hetero) is 1. The molecule has 1 unspecified atom stereocenters. The number of aliphatic hydroxyl groups excluding tert-OH is 1. The highest BCUT2D eigenvalue weighted by Crippen LogP contribution is 2.55. The molecule has 0 spiro atoms. The van der Waals surface area contributed by atoms with Gasteiger partial charge in [-0.25, -0.2) is 0 Å². The molecule has 2 aliphatic carbocycles. The quantitative estimate of drug-likeness (QED) is 0.775. The molecule has 0 aromatic rings. The highest BCUT2D eigenvalue weighted by molar-refractivity contribution is 5.86. The molecular weight excluding hydrogens is 284 g/mol. The highest BCUT2D eigenvalue weighted by atomic mass is 16.5. The maximum absolute atomic E-state index is 12.5. The second kappa shape index (κ2) is 5.93. The molecule has 2 rings (SSSR count). The van der Waals surface area contributed by atoms with Crippen molar-refractivity contribution in [1.29, 1.82) is 0 Å². The van der Waals surface area contributed by atoms with Crippen molar-refractivity contribution in [3.8, 4) is 0 Å². The van der Waals surface area contributed by atoms with Crippen LogP contribution in [0.3, 0.4) is 0 Å². The number of ether oxygens (including phenoxy) is 1. The first kappa shape index (κ1) is 17.4. The third-order valence-electron chi connectivity index (χ3n) is 5.92. The molecule has 126 valence electrons. The molecule has 6 atom stereocenters. The van der Waals surface area contributed by atoms with Gasteiger partial charge < -0.3 is 14.9 Å². The lowest BCUT2D eigenvalue weighted by Crippen LogP contribution is -2.63. The van der Waals surface area contributed by atoms with E-state index < -0.39 is 29.0 Å². The van der Waals surface area contributed by atoms with E-state index in [1.165, 1.54) is 6.92 Å². The van der Waals surface area contributed by atoms with Crippen molar-refractivity contribution < 1.29 is 24.5 Å². The molecule has 5 nitrogen and oxygen atoms in total. The monoisotopic (exact) mass is 312 g/mol. The molecule has 0 saturated heterocycles. The summed E-state index contributed by atoms with van der Waals surface area (Å²) in [6, 6.07) is 0. The van der Waals surface area contributed by atoms with Gasteiger partial charge in [-0.1, -0.05) is 13.8 Å². The second-order valence-corrected chi connectivity index (χ2v) is 7.61. The molecule has 0 bridgehead atoms. The normalized spacial score (nSPS) is 43.4. The van der Waals surface area contributed by atoms with E-state index in [0.29, 0.717) is 25.7 Å². The van der Waals surface area contributed by atoms with E-state index in [1.54, 1.807) is 6.92 Å². The summed E-state index contributed by atoms with van der Waals surface area (Å²) in [5.74, 6) is -0.751. The lowest BCUT2D eigenvalue weighted by atomic mass is 9.51. The Morgan fingerprint density at radius 2 is 2.05 bits per heavy atom. The van der Waals surface area contributed by atoms with E-state index in [-0.39, 0.29) is 24.2 Å². The van der Waals surface area contributed by atoms with E-state index in [0.717, 1.165) is 0 Å². The molecule has 2 fully saturated rings. The smallest absolute Gasteiger partial charge is 0.302 e. The number of esters is 1. The van der Waals surface area contributed by atoms with Gasteiger partial charge >= 0.3 is 5.97 Å². The number of fused-ring (bicyclic) bond motifs is 1. The SMILES string of the molecule is CC(=O)O[C@@H]1C2[C@@](C)(CC[C@H]1[C@H](C)CO)C(=O)CC[C@@]2(C)O. The van der Waals surface area contributed by atoms with Crippen LogP contribution in [0.4, 0.5) is 0 Å². The summed E-state index contributed by atoms with van der Waals surface area (Å²) < 4.78 is 5.58. The number of aliphatic hydroxyl groups is 2. The summed E-state index contributed by atoms with van der Waals surface area (Å²) in [7, 11) is 0. The van der Waals surface area contributed by atoms with Gasteiger partial charge in [0, 0.05) is 37.2 Å². The first-order valence-corrected chi connectivity index (χ1v) is 8.17. The average molecular weight is 312 g/mol. The Morgan fingerprint density at radius 3 is 2.59 bits per heavy atom. The minimum absolute atomic E-state index is 0.00194. The molecule has 2 N–H and O–H groups in total. The third-order valence-corrected chi connectivity index (χ3v) is 5.92. The van der Waals surface area contributed by atoms with Crippen molar-refractivity contribution in [2.45, 2.75) is 65.1 Å². The van der Waals surface area contributed by atoms with Gasteiger partial charge in [-0.15, -0.1) is 0 Å². The number of carbonyl (C=O) groups excluding carboxylic acids is 2. The molecule has 0 heterocycles. The maximum atomic E-state index is 12.5. The average Bonchev–Trinajstić information content (AvgIpc) is 2.42. The zero-order valence-corrected chi connectivity index (χ0v) is 14.0. The van der Waals surface area contributed by atoms with Crippen LogP contribution in [0.1, 0.15) is 53.4 Å². The molecule has 0 aromatic heterocycles. The molecule has 2 aliphatic rings. The largest absolute Gasteiger partial charge is 0.462 e. The predicted octanol–water partition coefficient (Wildman–Crippen LogP) is 1.69. The van der Waals surface area contributed by atoms with Gasteiger partial charge in [-0.3, -0.25) is 9.59 Å². The Labute approximate surface area is 132 Å². The minimum Gasteiger partial charge on any atom is -0.462 e. The van der Waals surface area contributed by atoms with E-state index >= 15 is 0 Å². The third kappa shape index (κ3) is 2.81. The summed E-state index contributed by atoms with van der Waals surface area (Å²) in [5, 5.41) is 20.4. The van der Waals surface area contributed by atoms with Crippen LogP contribution in [0, 0.1) is 23.2 Å².